The Bertz CT molecular complexity index is 1200. The minimum atomic E-state index is -2.61. The van der Waals surface area contributed by atoms with Crippen LogP contribution in [0.25, 0.3) is 11.1 Å². The van der Waals surface area contributed by atoms with E-state index < -0.39 is 18.4 Å². The summed E-state index contributed by atoms with van der Waals surface area (Å²) in [6.07, 6.45) is 3.95. The molecule has 3 aromatic rings. The van der Waals surface area contributed by atoms with E-state index in [9.17, 15) is 18.4 Å². The Morgan fingerprint density at radius 1 is 0.974 bits per heavy atom. The van der Waals surface area contributed by atoms with Crippen molar-refractivity contribution in [3.05, 3.63) is 71.5 Å². The fourth-order valence-corrected chi connectivity index (χ4v) is 5.93. The molecule has 38 heavy (non-hydrogen) atoms. The van der Waals surface area contributed by atoms with Crippen molar-refractivity contribution in [2.45, 2.75) is 62.4 Å². The first-order valence-corrected chi connectivity index (χ1v) is 14.2. The van der Waals surface area contributed by atoms with Gasteiger partial charge in [0.2, 0.25) is 5.91 Å². The van der Waals surface area contributed by atoms with Crippen LogP contribution in [0.3, 0.4) is 0 Å². The van der Waals surface area contributed by atoms with Gasteiger partial charge in [0.1, 0.15) is 11.1 Å². The number of thioether (sulfide) groups is 1. The number of halogens is 2. The Labute approximate surface area is 226 Å². The highest BCUT2D eigenvalue weighted by Gasteiger charge is 2.48. The number of nitrogens with zero attached hydrogens (tertiary/aromatic N) is 1. The van der Waals surface area contributed by atoms with E-state index in [0.29, 0.717) is 23.8 Å². The predicted octanol–water partition coefficient (Wildman–Crippen LogP) is 5.94. The number of alkyl halides is 2. The second kappa shape index (κ2) is 13.0. The first-order valence-electron chi connectivity index (χ1n) is 13.2. The van der Waals surface area contributed by atoms with Gasteiger partial charge >= 0.3 is 0 Å². The number of rotatable bonds is 14. The fraction of sp³-hybridized carbons (Fsp3) is 0.414. The summed E-state index contributed by atoms with van der Waals surface area (Å²) in [6, 6.07) is 15.6. The maximum Gasteiger partial charge on any atom is 0.269 e. The lowest BCUT2D eigenvalue weighted by Crippen LogP contribution is -2.45. The Balaban J connectivity index is 1.37. The van der Waals surface area contributed by atoms with Gasteiger partial charge < -0.3 is 15.6 Å². The summed E-state index contributed by atoms with van der Waals surface area (Å²) in [5.74, 6) is 0.289. The number of H-pyrrole nitrogens is 1. The standard InChI is InChI=1S/C29H34F2N4O2S/c1-2-3-16-32-26(36)24-18-34-28(35-24)38-17-10-4-9-15-29(27(37)33-19-25(30)31)22-13-7-5-11-20(22)21-12-6-8-14-23(21)29/h5-8,11-14,18,25H,2-4,9-10,15-17,19H2,1H3,(H,32,36)(H,33,37)(H,34,35). The first kappa shape index (κ1) is 27.8. The molecule has 0 fully saturated rings. The summed E-state index contributed by atoms with van der Waals surface area (Å²) < 4.78 is 26.0. The molecule has 0 bridgehead atoms. The number of hydrogen-bond donors (Lipinski definition) is 3. The summed E-state index contributed by atoms with van der Waals surface area (Å²) in [5, 5.41) is 6.08. The molecule has 0 spiro atoms. The molecule has 1 aliphatic rings. The van der Waals surface area contributed by atoms with E-state index >= 15 is 0 Å². The van der Waals surface area contributed by atoms with Gasteiger partial charge in [0.25, 0.3) is 12.3 Å². The number of carbonyl (C=O) groups excluding carboxylic acids is 2. The molecular formula is C29H34F2N4O2S. The van der Waals surface area contributed by atoms with E-state index in [4.69, 9.17) is 0 Å². The Hall–Kier alpha value is -3.20. The van der Waals surface area contributed by atoms with Crippen LogP contribution in [-0.2, 0) is 10.2 Å². The molecule has 1 aliphatic carbocycles. The van der Waals surface area contributed by atoms with Crippen molar-refractivity contribution in [3.8, 4) is 11.1 Å². The molecule has 0 radical (unpaired) electrons. The van der Waals surface area contributed by atoms with Crippen LogP contribution in [0, 0.1) is 0 Å². The van der Waals surface area contributed by atoms with E-state index in [1.54, 1.807) is 18.0 Å². The molecule has 2 aromatic carbocycles. The number of amides is 2. The topological polar surface area (TPSA) is 86.9 Å². The third-order valence-corrected chi connectivity index (χ3v) is 7.89. The van der Waals surface area contributed by atoms with Crippen molar-refractivity contribution in [1.82, 2.24) is 20.6 Å². The second-order valence-electron chi connectivity index (χ2n) is 9.47. The lowest BCUT2D eigenvalue weighted by molar-refractivity contribution is -0.126. The monoisotopic (exact) mass is 540 g/mol. The molecule has 0 aliphatic heterocycles. The molecule has 2 amide bonds. The minimum Gasteiger partial charge on any atom is -0.351 e. The molecule has 0 unspecified atom stereocenters. The Kier molecular flexibility index (Phi) is 9.55. The van der Waals surface area contributed by atoms with Gasteiger partial charge in [-0.25, -0.2) is 13.8 Å². The van der Waals surface area contributed by atoms with Gasteiger partial charge in [0.15, 0.2) is 5.16 Å². The molecule has 6 nitrogen and oxygen atoms in total. The zero-order valence-electron chi connectivity index (χ0n) is 21.6. The van der Waals surface area contributed by atoms with Gasteiger partial charge in [-0.05, 0) is 41.5 Å². The Morgan fingerprint density at radius 3 is 2.32 bits per heavy atom. The van der Waals surface area contributed by atoms with Crippen molar-refractivity contribution >= 4 is 23.6 Å². The number of nitrogens with one attached hydrogen (secondary N) is 3. The molecule has 202 valence electrons. The SMILES string of the molecule is CCCCNC(=O)c1cnc(SCCCCCC2(C(=O)NCC(F)F)c3ccccc3-c3ccccc32)[nH]1. The summed E-state index contributed by atoms with van der Waals surface area (Å²) in [5.41, 5.74) is 3.19. The number of aromatic amines is 1. The Morgan fingerprint density at radius 2 is 1.66 bits per heavy atom. The molecule has 3 N–H and O–H groups in total. The highest BCUT2D eigenvalue weighted by molar-refractivity contribution is 7.99. The minimum absolute atomic E-state index is 0.148. The molecule has 0 atom stereocenters. The molecule has 0 saturated heterocycles. The van der Waals surface area contributed by atoms with E-state index in [-0.39, 0.29) is 11.8 Å². The lowest BCUT2D eigenvalue weighted by Gasteiger charge is -2.31. The van der Waals surface area contributed by atoms with Crippen LogP contribution in [0.4, 0.5) is 8.78 Å². The maximum absolute atomic E-state index is 13.5. The summed E-state index contributed by atoms with van der Waals surface area (Å²) in [4.78, 5) is 33.1. The molecule has 0 saturated carbocycles. The number of fused-ring (bicyclic) bond motifs is 3. The summed E-state index contributed by atoms with van der Waals surface area (Å²) >= 11 is 1.55. The predicted molar refractivity (Wildman–Crippen MR) is 147 cm³/mol. The normalized spacial score (nSPS) is 13.3. The van der Waals surface area contributed by atoms with Crippen LogP contribution in [-0.4, -0.2) is 47.1 Å². The average molecular weight is 541 g/mol. The zero-order valence-corrected chi connectivity index (χ0v) is 22.4. The van der Waals surface area contributed by atoms with Crippen LogP contribution in [0.2, 0.25) is 0 Å². The summed E-state index contributed by atoms with van der Waals surface area (Å²) in [6.45, 7) is 2.06. The fourth-order valence-electron chi connectivity index (χ4n) is 5.08. The van der Waals surface area contributed by atoms with E-state index in [1.807, 2.05) is 48.5 Å². The van der Waals surface area contributed by atoms with Crippen LogP contribution >= 0.6 is 11.8 Å². The van der Waals surface area contributed by atoms with Crippen molar-refractivity contribution in [3.63, 3.8) is 0 Å². The van der Waals surface area contributed by atoms with Gasteiger partial charge in [0, 0.05) is 12.3 Å². The van der Waals surface area contributed by atoms with Gasteiger partial charge in [-0.3, -0.25) is 9.59 Å². The second-order valence-corrected chi connectivity index (χ2v) is 10.6. The first-order chi connectivity index (χ1) is 18.5. The van der Waals surface area contributed by atoms with Crippen molar-refractivity contribution in [2.75, 3.05) is 18.8 Å². The average Bonchev–Trinajstić information content (AvgIpc) is 3.51. The van der Waals surface area contributed by atoms with Crippen molar-refractivity contribution in [2.24, 2.45) is 0 Å². The highest BCUT2D eigenvalue weighted by Crippen LogP contribution is 2.51. The summed E-state index contributed by atoms with van der Waals surface area (Å²) in [7, 11) is 0. The number of hydrogen-bond acceptors (Lipinski definition) is 4. The van der Waals surface area contributed by atoms with Crippen molar-refractivity contribution < 1.29 is 18.4 Å². The third kappa shape index (κ3) is 6.09. The molecular weight excluding hydrogens is 506 g/mol. The number of imidazole rings is 1. The molecule has 4 rings (SSSR count). The van der Waals surface area contributed by atoms with Crippen LogP contribution in [0.1, 0.15) is 67.1 Å². The largest absolute Gasteiger partial charge is 0.351 e. The third-order valence-electron chi connectivity index (χ3n) is 6.92. The number of unbranched alkanes of at least 4 members (excludes halogenated alkanes) is 3. The van der Waals surface area contributed by atoms with Crippen LogP contribution in [0.5, 0.6) is 0 Å². The highest BCUT2D eigenvalue weighted by atomic mass is 32.2. The quantitative estimate of drug-likeness (QED) is 0.174. The number of aromatic nitrogens is 2. The zero-order chi connectivity index (χ0) is 27.0. The molecule has 9 heteroatoms. The van der Waals surface area contributed by atoms with Gasteiger partial charge in [-0.15, -0.1) is 0 Å². The van der Waals surface area contributed by atoms with E-state index in [0.717, 1.165) is 60.1 Å². The van der Waals surface area contributed by atoms with E-state index in [2.05, 4.69) is 27.5 Å². The lowest BCUT2D eigenvalue weighted by atomic mass is 9.73. The van der Waals surface area contributed by atoms with Crippen LogP contribution in [0.15, 0.2) is 59.9 Å². The maximum atomic E-state index is 13.5. The van der Waals surface area contributed by atoms with Gasteiger partial charge in [-0.1, -0.05) is 86.5 Å². The smallest absolute Gasteiger partial charge is 0.269 e. The number of carbonyl (C=O) groups is 2. The van der Waals surface area contributed by atoms with Gasteiger partial charge in [0.05, 0.1) is 12.7 Å². The molecule has 1 aromatic heterocycles. The van der Waals surface area contributed by atoms with Crippen molar-refractivity contribution in [1.29, 1.82) is 0 Å². The molecule has 1 heterocycles. The van der Waals surface area contributed by atoms with Crippen LogP contribution < -0.4 is 10.6 Å². The van der Waals surface area contributed by atoms with Gasteiger partial charge in [-0.2, -0.15) is 0 Å². The number of benzene rings is 2. The van der Waals surface area contributed by atoms with E-state index in [1.165, 1.54) is 0 Å².